The van der Waals surface area contributed by atoms with Gasteiger partial charge in [-0.1, -0.05) is 176 Å². The van der Waals surface area contributed by atoms with E-state index in [2.05, 4.69) is 81.1 Å². The zero-order chi connectivity index (χ0) is 94.9. The fraction of sp³-hybridized carbons (Fsp3) is 0.231. The molecule has 8 heterocycles. The van der Waals surface area contributed by atoms with Crippen molar-refractivity contribution in [2.45, 2.75) is 50.4 Å². The molecule has 4 aliphatic rings. The first kappa shape index (κ1) is 97.3. The number of hydroxylamine groups is 4. The van der Waals surface area contributed by atoms with Gasteiger partial charge >= 0.3 is 0 Å². The highest BCUT2D eigenvalue weighted by Crippen LogP contribution is 2.28. The van der Waals surface area contributed by atoms with Gasteiger partial charge in [-0.3, -0.25) is 44.9 Å². The number of sulfonamides is 4. The van der Waals surface area contributed by atoms with E-state index in [-0.39, 0.29) is 80.1 Å². The Morgan fingerprint density at radius 3 is 1.04 bits per heavy atom. The van der Waals surface area contributed by atoms with E-state index in [1.807, 2.05) is 153 Å². The molecule has 4 fully saturated rings. The van der Waals surface area contributed by atoms with Crippen LogP contribution >= 0.6 is 0 Å². The molecule has 40 nitrogen and oxygen atoms in total. The maximum absolute atomic E-state index is 13.2. The van der Waals surface area contributed by atoms with Gasteiger partial charge in [0.05, 0.1) is 67.3 Å². The predicted octanol–water partition coefficient (Wildman–Crippen LogP) is 5.82. The quantitative estimate of drug-likeness (QED) is 0.0203. The Kier molecular flexibility index (Phi) is 33.0. The van der Waals surface area contributed by atoms with Crippen LogP contribution in [0.1, 0.15) is 47.0 Å². The van der Waals surface area contributed by atoms with Crippen molar-refractivity contribution in [2.75, 3.05) is 124 Å². The molecule has 0 aliphatic carbocycles. The highest BCUT2D eigenvalue weighted by Gasteiger charge is 2.33. The SMILES string of the molecule is O=C(NO)c1cnc(N2CCN(Cc3ccccc3)C(CNS(=O)(=O)c3ccc4ccccc4c3)C2)nc1.O=C(NO)c1cnc(N2CCNC(CNS(=O)(=O)c3ccc4ccccc4c3)C2)nc1.O=C(NO)c1cnc(N2CCO[C@H](CNS(=O)(=O)c3ccc(-c4ccccc4)cc3)C2)nc1.O=C(NO)c1cnc(N2CCO[C@H](CNS(=O)(=O)c3ccc(-c4ccccc4)cc3)C2)nc1. The highest BCUT2D eigenvalue weighted by atomic mass is 32.2. The molecule has 0 radical (unpaired) electrons. The third-order valence-electron chi connectivity index (χ3n) is 22.1. The average Bonchev–Trinajstić information content (AvgIpc) is 0.804. The second-order valence-corrected chi connectivity index (χ2v) is 38.2. The van der Waals surface area contributed by atoms with Crippen LogP contribution in [0.3, 0.4) is 0 Å². The molecule has 135 heavy (non-hydrogen) atoms. The van der Waals surface area contributed by atoms with Crippen molar-refractivity contribution in [3.63, 3.8) is 0 Å². The number of fused-ring (bicyclic) bond motifs is 2. The van der Waals surface area contributed by atoms with Gasteiger partial charge in [0.2, 0.25) is 63.9 Å². The number of anilines is 4. The summed E-state index contributed by atoms with van der Waals surface area (Å²) in [6.07, 6.45) is 9.77. The topological polar surface area (TPSA) is 532 Å². The molecule has 17 rings (SSSR count). The Morgan fingerprint density at radius 1 is 0.333 bits per heavy atom. The van der Waals surface area contributed by atoms with Gasteiger partial charge in [-0.25, -0.2) is 114 Å². The van der Waals surface area contributed by atoms with Crippen LogP contribution in [0.25, 0.3) is 43.8 Å². The third-order valence-corrected chi connectivity index (χ3v) is 27.9. The largest absolute Gasteiger partial charge is 0.373 e. The number of nitrogens with one attached hydrogen (secondary N) is 9. The summed E-state index contributed by atoms with van der Waals surface area (Å²) in [6.45, 7) is 7.34. The van der Waals surface area contributed by atoms with Crippen LogP contribution in [-0.4, -0.2) is 252 Å². The van der Waals surface area contributed by atoms with Crippen molar-refractivity contribution in [1.29, 1.82) is 0 Å². The fourth-order valence-electron chi connectivity index (χ4n) is 14.9. The molecule has 4 atom stereocenters. The maximum Gasteiger partial charge on any atom is 0.277 e. The third kappa shape index (κ3) is 26.2. The van der Waals surface area contributed by atoms with Gasteiger partial charge < -0.3 is 34.4 Å². The molecule has 9 aromatic carbocycles. The number of hydrogen-bond donors (Lipinski definition) is 13. The lowest BCUT2D eigenvalue weighted by molar-refractivity contribution is 0.0436. The number of nitrogens with zero attached hydrogens (tertiary/aromatic N) is 13. The van der Waals surface area contributed by atoms with Gasteiger partial charge in [-0.05, 0) is 97.9 Å². The lowest BCUT2D eigenvalue weighted by Gasteiger charge is -2.41. The summed E-state index contributed by atoms with van der Waals surface area (Å²) < 4.78 is 125. The van der Waals surface area contributed by atoms with Crippen molar-refractivity contribution in [1.82, 2.24) is 90.9 Å². The molecule has 4 aromatic heterocycles. The number of ether oxygens (including phenoxy) is 2. The molecule has 702 valence electrons. The lowest BCUT2D eigenvalue weighted by atomic mass is 10.1. The Hall–Kier alpha value is -13.8. The van der Waals surface area contributed by atoms with Crippen molar-refractivity contribution in [3.8, 4) is 22.3 Å². The number of morpholine rings is 2. The molecule has 4 amide bonds. The summed E-state index contributed by atoms with van der Waals surface area (Å²) in [7, 11) is -14.8. The second kappa shape index (κ2) is 45.8. The first-order valence-corrected chi connectivity index (χ1v) is 48.3. The summed E-state index contributed by atoms with van der Waals surface area (Å²) in [5, 5.41) is 41.8. The van der Waals surface area contributed by atoms with Crippen LogP contribution < -0.4 is 65.7 Å². The molecular weight excluding hydrogens is 1820 g/mol. The number of hydrogen-bond acceptors (Lipinski definition) is 32. The Balaban J connectivity index is 0.000000145. The predicted molar refractivity (Wildman–Crippen MR) is 498 cm³/mol. The van der Waals surface area contributed by atoms with Crippen molar-refractivity contribution in [2.24, 2.45) is 0 Å². The van der Waals surface area contributed by atoms with Crippen LogP contribution in [-0.2, 0) is 56.1 Å². The smallest absolute Gasteiger partial charge is 0.277 e. The number of aromatic nitrogens is 8. The molecule has 13 N–H and O–H groups in total. The Morgan fingerprint density at radius 2 is 0.652 bits per heavy atom. The van der Waals surface area contributed by atoms with Gasteiger partial charge in [-0.15, -0.1) is 0 Å². The average molecular weight is 1910 g/mol. The van der Waals surface area contributed by atoms with E-state index in [4.69, 9.17) is 30.3 Å². The minimum Gasteiger partial charge on any atom is -0.373 e. The van der Waals surface area contributed by atoms with Gasteiger partial charge in [-0.2, -0.15) is 0 Å². The summed E-state index contributed by atoms with van der Waals surface area (Å²) >= 11 is 0. The van der Waals surface area contributed by atoms with E-state index < -0.39 is 75.9 Å². The summed E-state index contributed by atoms with van der Waals surface area (Å²) in [5.74, 6) is -1.15. The van der Waals surface area contributed by atoms with Gasteiger partial charge in [0, 0.05) is 160 Å². The van der Waals surface area contributed by atoms with Crippen LogP contribution in [0.4, 0.5) is 23.8 Å². The normalized spacial score (nSPS) is 16.5. The highest BCUT2D eigenvalue weighted by molar-refractivity contribution is 7.90. The molecule has 44 heteroatoms. The number of rotatable bonds is 28. The van der Waals surface area contributed by atoms with E-state index in [1.165, 1.54) is 66.0 Å². The molecule has 2 unspecified atom stereocenters. The number of piperazine rings is 2. The Bertz CT molecular complexity index is 6490. The van der Waals surface area contributed by atoms with Gasteiger partial charge in [0.25, 0.3) is 23.6 Å². The number of amides is 4. The van der Waals surface area contributed by atoms with Gasteiger partial charge in [0.1, 0.15) is 0 Å². The van der Waals surface area contributed by atoms with Crippen molar-refractivity contribution < 1.29 is 83.2 Å². The van der Waals surface area contributed by atoms with Crippen LogP contribution in [0.5, 0.6) is 0 Å². The molecule has 0 saturated carbocycles. The molecule has 4 aliphatic heterocycles. The van der Waals surface area contributed by atoms with E-state index in [0.29, 0.717) is 109 Å². The van der Waals surface area contributed by atoms with Gasteiger partial charge in [0.15, 0.2) is 0 Å². The fourth-order valence-corrected chi connectivity index (χ4v) is 19.2. The molecule has 13 aromatic rings. The number of carbonyl (C=O) groups excluding carboxylic acids is 4. The van der Waals surface area contributed by atoms with E-state index in [1.54, 1.807) is 84.3 Å². The van der Waals surface area contributed by atoms with E-state index in [9.17, 15) is 52.8 Å². The number of benzene rings is 9. The molecule has 4 saturated heterocycles. The van der Waals surface area contributed by atoms with Crippen LogP contribution in [0.15, 0.2) is 294 Å². The van der Waals surface area contributed by atoms with Crippen molar-refractivity contribution >= 4 is 109 Å². The molecule has 0 spiro atoms. The zero-order valence-electron chi connectivity index (χ0n) is 72.3. The summed E-state index contributed by atoms with van der Waals surface area (Å²) in [5.41, 5.74) is 11.7. The van der Waals surface area contributed by atoms with E-state index in [0.717, 1.165) is 49.4 Å². The minimum atomic E-state index is -3.74. The first-order chi connectivity index (χ1) is 65.3. The first-order valence-electron chi connectivity index (χ1n) is 42.4. The number of carbonyl (C=O) groups is 4. The Labute approximate surface area is 777 Å². The minimum absolute atomic E-state index is 0.0876. The zero-order valence-corrected chi connectivity index (χ0v) is 75.5. The molecule has 0 bridgehead atoms. The van der Waals surface area contributed by atoms with Crippen LogP contribution in [0, 0.1) is 0 Å². The van der Waals surface area contributed by atoms with Crippen LogP contribution in [0.2, 0.25) is 0 Å². The van der Waals surface area contributed by atoms with E-state index >= 15 is 0 Å². The molecular formula is C91H96N22O18S4. The second-order valence-electron chi connectivity index (χ2n) is 31.1. The summed E-state index contributed by atoms with van der Waals surface area (Å²) in [4.78, 5) is 89.9. The monoisotopic (exact) mass is 1910 g/mol. The standard InChI is InChI=1S/C27H28N6O4S.2C22H23N5O5S.C20H22N6O4S/c34-26(31-35)23-15-28-27(29-16-23)33-13-12-32(18-20-6-2-1-3-7-20)24(19-33)17-30-38(36,37)25-11-10-21-8-4-5-9-22(21)14-25;2*28-21(26-29)18-12-23-22(24-13-18)27-10-11-32-19(15-27)14-25-33(30,31)20-8-6-17(7-9-20)16-4-2-1-3-5-16;27-19(25-28)16-10-22-20(23-11-16)26-8-7-21-17(13-26)12-24-31(29,30)18-6-5-14-3-1-2-4-15(14)9-18/h1-11,14-16,24,30,35H,12-13,17-19H2,(H,31,34);2*1-9,12-13,19,25,29H,10-11,14-15H2,(H,26,28);1-6,9-11,17,21,24,28H,7-8,12-13H2,(H,25,27)/t;2*19-;/m.11./s1. The maximum atomic E-state index is 13.2. The lowest BCUT2D eigenvalue weighted by Crippen LogP contribution is -2.57. The summed E-state index contributed by atoms with van der Waals surface area (Å²) in [6, 6.07) is 68.0. The van der Waals surface area contributed by atoms with Crippen molar-refractivity contribution in [3.05, 3.63) is 302 Å².